The van der Waals surface area contributed by atoms with Gasteiger partial charge in [-0.25, -0.2) is 4.39 Å². The molecule has 0 bridgehead atoms. The number of hydrogen-bond donors (Lipinski definition) is 0. The van der Waals surface area contributed by atoms with Crippen molar-refractivity contribution < 1.29 is 8.81 Å². The molecule has 1 saturated heterocycles. The van der Waals surface area contributed by atoms with Crippen molar-refractivity contribution in [2.45, 2.75) is 31.5 Å². The number of likely N-dealkylation sites (tertiary alicyclic amines) is 1. The number of rotatable bonds is 3. The number of fused-ring (bicyclic) bond motifs is 2. The molecule has 5 rings (SSSR count). The monoisotopic (exact) mass is 381 g/mol. The number of nitrogens with zero attached hydrogens (tertiary/aromatic N) is 5. The maximum atomic E-state index is 13.5. The van der Waals surface area contributed by atoms with Crippen LogP contribution in [0.3, 0.4) is 0 Å². The van der Waals surface area contributed by atoms with Gasteiger partial charge in [0, 0.05) is 26.2 Å². The van der Waals surface area contributed by atoms with Crippen LogP contribution in [0.4, 0.5) is 4.39 Å². The van der Waals surface area contributed by atoms with Gasteiger partial charge in [-0.1, -0.05) is 12.1 Å². The van der Waals surface area contributed by atoms with E-state index in [1.165, 1.54) is 6.07 Å². The van der Waals surface area contributed by atoms with Crippen LogP contribution in [0, 0.1) is 5.82 Å². The zero-order valence-corrected chi connectivity index (χ0v) is 16.0. The van der Waals surface area contributed by atoms with Crippen molar-refractivity contribution in [3.63, 3.8) is 0 Å². The first kappa shape index (κ1) is 17.6. The summed E-state index contributed by atoms with van der Waals surface area (Å²) in [4.78, 5) is 4.74. The molecule has 0 saturated carbocycles. The maximum Gasteiger partial charge on any atom is 0.200 e. The third-order valence-electron chi connectivity index (χ3n) is 6.00. The molecule has 4 heterocycles. The van der Waals surface area contributed by atoms with Crippen molar-refractivity contribution in [3.05, 3.63) is 59.9 Å². The van der Waals surface area contributed by atoms with Crippen LogP contribution in [0.25, 0.3) is 11.6 Å². The van der Waals surface area contributed by atoms with E-state index in [-0.39, 0.29) is 11.4 Å². The van der Waals surface area contributed by atoms with Gasteiger partial charge >= 0.3 is 0 Å². The standard InChI is InChI=1S/C21H24FN5O/c1-25-14-19-23-24-20(18-6-3-11-28-18)27(19)21(15-25)7-9-26(10-8-21)13-16-4-2-5-17(22)12-16/h2-6,11-12H,7-10,13-15H2,1H3. The Labute approximate surface area is 163 Å². The fourth-order valence-electron chi connectivity index (χ4n) is 4.76. The average molecular weight is 381 g/mol. The van der Waals surface area contributed by atoms with Gasteiger partial charge in [0.15, 0.2) is 11.6 Å². The lowest BCUT2D eigenvalue weighted by Crippen LogP contribution is -2.55. The minimum Gasteiger partial charge on any atom is -0.461 e. The van der Waals surface area contributed by atoms with Crippen molar-refractivity contribution in [3.8, 4) is 11.6 Å². The second-order valence-electron chi connectivity index (χ2n) is 8.06. The van der Waals surface area contributed by atoms with Crippen LogP contribution < -0.4 is 0 Å². The van der Waals surface area contributed by atoms with E-state index in [1.807, 2.05) is 18.2 Å². The fraction of sp³-hybridized carbons (Fsp3) is 0.429. The van der Waals surface area contributed by atoms with Crippen LogP contribution in [-0.4, -0.2) is 51.2 Å². The van der Waals surface area contributed by atoms with Crippen molar-refractivity contribution in [1.82, 2.24) is 24.6 Å². The summed E-state index contributed by atoms with van der Waals surface area (Å²) in [5.74, 6) is 2.42. The van der Waals surface area contributed by atoms with E-state index in [9.17, 15) is 4.39 Å². The van der Waals surface area contributed by atoms with E-state index in [1.54, 1.807) is 18.4 Å². The van der Waals surface area contributed by atoms with Crippen molar-refractivity contribution >= 4 is 0 Å². The quantitative estimate of drug-likeness (QED) is 0.698. The third kappa shape index (κ3) is 3.04. The van der Waals surface area contributed by atoms with Crippen LogP contribution >= 0.6 is 0 Å². The summed E-state index contributed by atoms with van der Waals surface area (Å²) in [5, 5.41) is 8.92. The van der Waals surface area contributed by atoms with E-state index < -0.39 is 0 Å². The Hall–Kier alpha value is -2.51. The third-order valence-corrected chi connectivity index (χ3v) is 6.00. The van der Waals surface area contributed by atoms with Crippen molar-refractivity contribution in [2.24, 2.45) is 0 Å². The predicted octanol–water partition coefficient (Wildman–Crippen LogP) is 3.11. The molecule has 0 radical (unpaired) electrons. The van der Waals surface area contributed by atoms with Gasteiger partial charge in [-0.3, -0.25) is 14.4 Å². The molecule has 2 aliphatic rings. The molecule has 0 unspecified atom stereocenters. The normalized spacial score (nSPS) is 19.8. The van der Waals surface area contributed by atoms with Crippen molar-refractivity contribution in [2.75, 3.05) is 26.7 Å². The van der Waals surface area contributed by atoms with Crippen molar-refractivity contribution in [1.29, 1.82) is 0 Å². The molecule has 146 valence electrons. The van der Waals surface area contributed by atoms with Gasteiger partial charge in [-0.15, -0.1) is 10.2 Å². The molecule has 0 N–H and O–H groups in total. The number of hydrogen-bond acceptors (Lipinski definition) is 5. The van der Waals surface area contributed by atoms with E-state index in [0.29, 0.717) is 0 Å². The van der Waals surface area contributed by atoms with Crippen LogP contribution in [0.1, 0.15) is 24.2 Å². The highest BCUT2D eigenvalue weighted by atomic mass is 19.1. The number of benzene rings is 1. The van der Waals surface area contributed by atoms with Crippen LogP contribution in [0.2, 0.25) is 0 Å². The first-order valence-electron chi connectivity index (χ1n) is 9.77. The molecule has 3 aromatic rings. The van der Waals surface area contributed by atoms with Gasteiger partial charge in [0.25, 0.3) is 0 Å². The average Bonchev–Trinajstić information content (AvgIpc) is 3.33. The number of aromatic nitrogens is 3. The first-order valence-corrected chi connectivity index (χ1v) is 9.77. The number of halogens is 1. The lowest BCUT2D eigenvalue weighted by molar-refractivity contribution is 0.0487. The van der Waals surface area contributed by atoms with E-state index in [0.717, 1.165) is 68.5 Å². The molecule has 2 aliphatic heterocycles. The molecule has 1 aromatic carbocycles. The van der Waals surface area contributed by atoms with Gasteiger partial charge in [0.2, 0.25) is 0 Å². The zero-order chi connectivity index (χ0) is 19.1. The Morgan fingerprint density at radius 2 is 2.00 bits per heavy atom. The molecule has 2 aromatic heterocycles. The Balaban J connectivity index is 1.40. The Morgan fingerprint density at radius 3 is 2.75 bits per heavy atom. The van der Waals surface area contributed by atoms with Crippen LogP contribution in [0.15, 0.2) is 47.1 Å². The molecular formula is C21H24FN5O. The number of piperidine rings is 1. The minimum atomic E-state index is -0.169. The highest BCUT2D eigenvalue weighted by molar-refractivity contribution is 5.48. The van der Waals surface area contributed by atoms with Gasteiger partial charge in [-0.2, -0.15) is 0 Å². The summed E-state index contributed by atoms with van der Waals surface area (Å²) < 4.78 is 21.5. The molecule has 6 nitrogen and oxygen atoms in total. The first-order chi connectivity index (χ1) is 13.6. The largest absolute Gasteiger partial charge is 0.461 e. The maximum absolute atomic E-state index is 13.5. The van der Waals surface area contributed by atoms with E-state index >= 15 is 0 Å². The van der Waals surface area contributed by atoms with Gasteiger partial charge in [-0.05, 0) is 49.7 Å². The van der Waals surface area contributed by atoms with E-state index in [2.05, 4.69) is 31.6 Å². The highest BCUT2D eigenvalue weighted by Gasteiger charge is 2.43. The molecule has 7 heteroatoms. The lowest BCUT2D eigenvalue weighted by atomic mass is 9.84. The topological polar surface area (TPSA) is 50.3 Å². The molecule has 0 aliphatic carbocycles. The summed E-state index contributed by atoms with van der Waals surface area (Å²) in [6.45, 7) is 4.46. The predicted molar refractivity (Wildman–Crippen MR) is 103 cm³/mol. The van der Waals surface area contributed by atoms with E-state index in [4.69, 9.17) is 4.42 Å². The molecule has 0 amide bonds. The Kier molecular flexibility index (Phi) is 4.29. The van der Waals surface area contributed by atoms with Gasteiger partial charge < -0.3 is 4.42 Å². The zero-order valence-electron chi connectivity index (χ0n) is 16.0. The van der Waals surface area contributed by atoms with Crippen LogP contribution in [0.5, 0.6) is 0 Å². The minimum absolute atomic E-state index is 0.0353. The fourth-order valence-corrected chi connectivity index (χ4v) is 4.76. The van der Waals surface area contributed by atoms with Gasteiger partial charge in [0.05, 0.1) is 18.3 Å². The SMILES string of the molecule is CN1Cc2nnc(-c3ccco3)n2C2(CCN(Cc3cccc(F)c3)CC2)C1. The molecule has 1 spiro atoms. The Morgan fingerprint density at radius 1 is 1.14 bits per heavy atom. The Bertz CT molecular complexity index is 959. The highest BCUT2D eigenvalue weighted by Crippen LogP contribution is 2.39. The summed E-state index contributed by atoms with van der Waals surface area (Å²) in [7, 11) is 2.14. The number of furan rings is 1. The molecule has 0 atom stereocenters. The summed E-state index contributed by atoms with van der Waals surface area (Å²) >= 11 is 0. The lowest BCUT2D eigenvalue weighted by Gasteiger charge is -2.48. The molecule has 28 heavy (non-hydrogen) atoms. The second kappa shape index (κ2) is 6.83. The van der Waals surface area contributed by atoms with Crippen LogP contribution in [-0.2, 0) is 18.6 Å². The molecule has 1 fully saturated rings. The summed E-state index contributed by atoms with van der Waals surface area (Å²) in [6.07, 6.45) is 3.69. The smallest absolute Gasteiger partial charge is 0.200 e. The number of likely N-dealkylation sites (N-methyl/N-ethyl adjacent to an activating group) is 1. The molecular weight excluding hydrogens is 357 g/mol. The summed E-state index contributed by atoms with van der Waals surface area (Å²) in [6, 6.07) is 10.7. The van der Waals surface area contributed by atoms with Gasteiger partial charge in [0.1, 0.15) is 11.6 Å². The summed E-state index contributed by atoms with van der Waals surface area (Å²) in [5.41, 5.74) is 0.991. The second-order valence-corrected chi connectivity index (χ2v) is 8.06.